The fraction of sp³-hybridized carbons (Fsp3) is 0.750. The van der Waals surface area contributed by atoms with Crippen molar-refractivity contribution in [1.82, 2.24) is 0 Å². The molecule has 0 bridgehead atoms. The first-order valence-electron chi connectivity index (χ1n) is 5.33. The van der Waals surface area contributed by atoms with Gasteiger partial charge in [-0.05, 0) is 38.5 Å². The van der Waals surface area contributed by atoms with Crippen molar-refractivity contribution in [3.05, 3.63) is 11.1 Å². The lowest BCUT2D eigenvalue weighted by Gasteiger charge is -2.20. The summed E-state index contributed by atoms with van der Waals surface area (Å²) < 4.78 is 0. The SMILES string of the molecule is CCC1CCC(C#N)(C/C(C)=C/Cl)C1. The number of allylic oxidation sites excluding steroid dienone is 1. The Bertz CT molecular complexity index is 264. The normalized spacial score (nSPS) is 33.0. The van der Waals surface area contributed by atoms with Crippen molar-refractivity contribution >= 4 is 11.6 Å². The highest BCUT2D eigenvalue weighted by molar-refractivity contribution is 6.25. The first-order valence-corrected chi connectivity index (χ1v) is 5.76. The second-order valence-electron chi connectivity index (χ2n) is 4.54. The monoisotopic (exact) mass is 211 g/mol. The predicted molar refractivity (Wildman–Crippen MR) is 59.9 cm³/mol. The fourth-order valence-electron chi connectivity index (χ4n) is 2.46. The van der Waals surface area contributed by atoms with E-state index in [4.69, 9.17) is 11.6 Å². The minimum Gasteiger partial charge on any atom is -0.198 e. The minimum atomic E-state index is -0.115. The lowest BCUT2D eigenvalue weighted by atomic mass is 9.81. The molecule has 1 fully saturated rings. The zero-order valence-corrected chi connectivity index (χ0v) is 9.77. The Morgan fingerprint density at radius 2 is 2.43 bits per heavy atom. The quantitative estimate of drug-likeness (QED) is 0.685. The average molecular weight is 212 g/mol. The molecule has 0 amide bonds. The first-order chi connectivity index (χ1) is 6.65. The molecular formula is C12H18ClN. The van der Waals surface area contributed by atoms with Gasteiger partial charge < -0.3 is 0 Å². The summed E-state index contributed by atoms with van der Waals surface area (Å²) in [6, 6.07) is 2.51. The van der Waals surface area contributed by atoms with Crippen molar-refractivity contribution < 1.29 is 0 Å². The van der Waals surface area contributed by atoms with Crippen molar-refractivity contribution in [2.45, 2.75) is 46.0 Å². The fourth-order valence-corrected chi connectivity index (χ4v) is 2.54. The van der Waals surface area contributed by atoms with Crippen molar-refractivity contribution in [2.24, 2.45) is 11.3 Å². The van der Waals surface area contributed by atoms with E-state index >= 15 is 0 Å². The van der Waals surface area contributed by atoms with Gasteiger partial charge in [0, 0.05) is 5.54 Å². The second kappa shape index (κ2) is 4.84. The van der Waals surface area contributed by atoms with E-state index < -0.39 is 0 Å². The van der Waals surface area contributed by atoms with Crippen LogP contribution in [-0.2, 0) is 0 Å². The molecule has 0 aromatic heterocycles. The van der Waals surface area contributed by atoms with Crippen LogP contribution in [0.4, 0.5) is 0 Å². The van der Waals surface area contributed by atoms with Crippen LogP contribution in [0.5, 0.6) is 0 Å². The molecular weight excluding hydrogens is 194 g/mol. The molecule has 78 valence electrons. The molecule has 1 aliphatic rings. The van der Waals surface area contributed by atoms with E-state index in [2.05, 4.69) is 13.0 Å². The lowest BCUT2D eigenvalue weighted by molar-refractivity contribution is 0.380. The average Bonchev–Trinajstić information content (AvgIpc) is 2.62. The molecule has 0 aliphatic heterocycles. The summed E-state index contributed by atoms with van der Waals surface area (Å²) in [5.74, 6) is 0.748. The van der Waals surface area contributed by atoms with Crippen LogP contribution in [0.25, 0.3) is 0 Å². The van der Waals surface area contributed by atoms with Crippen LogP contribution in [-0.4, -0.2) is 0 Å². The molecule has 1 saturated carbocycles. The van der Waals surface area contributed by atoms with E-state index in [1.807, 2.05) is 6.92 Å². The summed E-state index contributed by atoms with van der Waals surface area (Å²) in [5, 5.41) is 9.25. The lowest BCUT2D eigenvalue weighted by Crippen LogP contribution is -2.14. The third-order valence-electron chi connectivity index (χ3n) is 3.33. The minimum absolute atomic E-state index is 0.115. The number of halogens is 1. The van der Waals surface area contributed by atoms with E-state index in [-0.39, 0.29) is 5.41 Å². The zero-order chi connectivity index (χ0) is 10.6. The number of hydrogen-bond donors (Lipinski definition) is 0. The summed E-state index contributed by atoms with van der Waals surface area (Å²) in [6.07, 6.45) is 5.36. The van der Waals surface area contributed by atoms with Crippen LogP contribution in [0.1, 0.15) is 46.0 Å². The molecule has 2 unspecified atom stereocenters. The molecule has 1 nitrogen and oxygen atoms in total. The number of hydrogen-bond acceptors (Lipinski definition) is 1. The molecule has 1 rings (SSSR count). The summed E-state index contributed by atoms with van der Waals surface area (Å²) in [4.78, 5) is 0. The highest BCUT2D eigenvalue weighted by Gasteiger charge is 2.38. The van der Waals surface area contributed by atoms with Gasteiger partial charge in [-0.15, -0.1) is 0 Å². The molecule has 1 aliphatic carbocycles. The Hall–Kier alpha value is -0.480. The Morgan fingerprint density at radius 3 is 2.86 bits per heavy atom. The topological polar surface area (TPSA) is 23.8 Å². The van der Waals surface area contributed by atoms with Crippen molar-refractivity contribution in [3.63, 3.8) is 0 Å². The van der Waals surface area contributed by atoms with Crippen LogP contribution in [0.3, 0.4) is 0 Å². The molecule has 0 aromatic rings. The van der Waals surface area contributed by atoms with Crippen LogP contribution in [0, 0.1) is 22.7 Å². The van der Waals surface area contributed by atoms with Gasteiger partial charge in [0.05, 0.1) is 11.5 Å². The van der Waals surface area contributed by atoms with Crippen molar-refractivity contribution in [2.75, 3.05) is 0 Å². The third-order valence-corrected chi connectivity index (χ3v) is 3.70. The summed E-state index contributed by atoms with van der Waals surface area (Å²) in [7, 11) is 0. The van der Waals surface area contributed by atoms with Gasteiger partial charge in [-0.25, -0.2) is 0 Å². The smallest absolute Gasteiger partial charge is 0.0693 e. The van der Waals surface area contributed by atoms with Gasteiger partial charge >= 0.3 is 0 Å². The largest absolute Gasteiger partial charge is 0.198 e. The van der Waals surface area contributed by atoms with E-state index in [0.717, 1.165) is 30.8 Å². The van der Waals surface area contributed by atoms with E-state index in [1.54, 1.807) is 5.54 Å². The molecule has 0 saturated heterocycles. The highest BCUT2D eigenvalue weighted by atomic mass is 35.5. The van der Waals surface area contributed by atoms with Crippen LogP contribution >= 0.6 is 11.6 Å². The van der Waals surface area contributed by atoms with E-state index in [1.165, 1.54) is 12.8 Å². The van der Waals surface area contributed by atoms with E-state index in [0.29, 0.717) is 0 Å². The second-order valence-corrected chi connectivity index (χ2v) is 4.76. The summed E-state index contributed by atoms with van der Waals surface area (Å²) in [6.45, 7) is 4.22. The van der Waals surface area contributed by atoms with Gasteiger partial charge in [0.25, 0.3) is 0 Å². The third kappa shape index (κ3) is 2.51. The maximum Gasteiger partial charge on any atom is 0.0693 e. The maximum absolute atomic E-state index is 9.25. The van der Waals surface area contributed by atoms with Crippen LogP contribution in [0.2, 0.25) is 0 Å². The Labute approximate surface area is 91.8 Å². The summed E-state index contributed by atoms with van der Waals surface area (Å²) in [5.41, 5.74) is 2.62. The molecule has 2 heteroatoms. The Morgan fingerprint density at radius 1 is 1.71 bits per heavy atom. The van der Waals surface area contributed by atoms with Gasteiger partial charge in [0.15, 0.2) is 0 Å². The van der Waals surface area contributed by atoms with Crippen LogP contribution in [0.15, 0.2) is 11.1 Å². The van der Waals surface area contributed by atoms with E-state index in [9.17, 15) is 5.26 Å². The number of nitriles is 1. The standard InChI is InChI=1S/C12H18ClN/c1-3-11-4-5-12(7-11,9-14)6-10(2)8-13/h8,11H,3-7H2,1-2H3/b10-8+. The number of rotatable bonds is 3. The van der Waals surface area contributed by atoms with Gasteiger partial charge in [-0.3, -0.25) is 0 Å². The highest BCUT2D eigenvalue weighted by Crippen LogP contribution is 2.46. The summed E-state index contributed by atoms with van der Waals surface area (Å²) >= 11 is 5.65. The molecule has 14 heavy (non-hydrogen) atoms. The molecule has 2 atom stereocenters. The zero-order valence-electron chi connectivity index (χ0n) is 9.02. The van der Waals surface area contributed by atoms with Gasteiger partial charge in [0.1, 0.15) is 0 Å². The van der Waals surface area contributed by atoms with Gasteiger partial charge in [-0.1, -0.05) is 30.5 Å². The first kappa shape index (κ1) is 11.6. The predicted octanol–water partition coefficient (Wildman–Crippen LogP) is 4.24. The Balaban J connectivity index is 2.66. The molecule has 0 aromatic carbocycles. The number of nitrogens with zero attached hydrogens (tertiary/aromatic N) is 1. The maximum atomic E-state index is 9.25. The van der Waals surface area contributed by atoms with Crippen molar-refractivity contribution in [3.8, 4) is 6.07 Å². The van der Waals surface area contributed by atoms with Crippen LogP contribution < -0.4 is 0 Å². The van der Waals surface area contributed by atoms with Crippen molar-refractivity contribution in [1.29, 1.82) is 5.26 Å². The van der Waals surface area contributed by atoms with Gasteiger partial charge in [-0.2, -0.15) is 5.26 Å². The van der Waals surface area contributed by atoms with Gasteiger partial charge in [0.2, 0.25) is 0 Å². The molecule has 0 spiro atoms. The Kier molecular flexibility index (Phi) is 4.01. The molecule has 0 N–H and O–H groups in total. The molecule has 0 radical (unpaired) electrons. The molecule has 0 heterocycles.